The average Bonchev–Trinajstić information content (AvgIpc) is 2.46. The third kappa shape index (κ3) is 3.30. The van der Waals surface area contributed by atoms with Crippen LogP contribution < -0.4 is 9.47 Å². The summed E-state index contributed by atoms with van der Waals surface area (Å²) in [5.41, 5.74) is 2.22. The largest absolute Gasteiger partial charge is 0.493 e. The van der Waals surface area contributed by atoms with Gasteiger partial charge in [-0.25, -0.2) is 0 Å². The van der Waals surface area contributed by atoms with Gasteiger partial charge in [0, 0.05) is 20.1 Å². The van der Waals surface area contributed by atoms with Crippen LogP contribution in [0.2, 0.25) is 0 Å². The highest BCUT2D eigenvalue weighted by atomic mass is 79.9. The van der Waals surface area contributed by atoms with Crippen LogP contribution in [0.4, 0.5) is 0 Å². The molecule has 0 aliphatic rings. The number of ketones is 1. The molecule has 5 heteroatoms. The molecule has 0 N–H and O–H groups in total. The Balaban J connectivity index is 2.53. The van der Waals surface area contributed by atoms with E-state index in [0.29, 0.717) is 27.1 Å². The normalized spacial score (nSPS) is 10.3. The summed E-state index contributed by atoms with van der Waals surface area (Å²) in [6.45, 7) is 1.98. The Hall–Kier alpha value is -1.33. The Bertz CT molecular complexity index is 696. The first-order chi connectivity index (χ1) is 9.97. The van der Waals surface area contributed by atoms with Crippen molar-refractivity contribution in [3.63, 3.8) is 0 Å². The van der Waals surface area contributed by atoms with Crippen LogP contribution in [-0.2, 0) is 0 Å². The maximum atomic E-state index is 12.7. The predicted molar refractivity (Wildman–Crippen MR) is 89.6 cm³/mol. The van der Waals surface area contributed by atoms with Crippen molar-refractivity contribution in [3.05, 3.63) is 56.0 Å². The van der Waals surface area contributed by atoms with Crippen molar-refractivity contribution in [2.75, 3.05) is 14.2 Å². The molecule has 0 saturated carbocycles. The first kappa shape index (κ1) is 16.0. The number of ether oxygens (including phenoxy) is 2. The Morgan fingerprint density at radius 3 is 2.05 bits per heavy atom. The number of hydrogen-bond donors (Lipinski definition) is 0. The summed E-state index contributed by atoms with van der Waals surface area (Å²) in [5, 5.41) is 0. The van der Waals surface area contributed by atoms with Gasteiger partial charge < -0.3 is 9.47 Å². The molecule has 0 spiro atoms. The Kier molecular flexibility index (Phi) is 5.06. The predicted octanol–water partition coefficient (Wildman–Crippen LogP) is 4.77. The van der Waals surface area contributed by atoms with Crippen molar-refractivity contribution in [2.24, 2.45) is 0 Å². The molecule has 2 aromatic rings. The molecular weight excluding hydrogens is 400 g/mol. The van der Waals surface area contributed by atoms with Crippen LogP contribution in [0, 0.1) is 6.92 Å². The number of rotatable bonds is 4. The second-order valence-electron chi connectivity index (χ2n) is 4.50. The molecule has 0 unspecified atom stereocenters. The van der Waals surface area contributed by atoms with Gasteiger partial charge in [-0.1, -0.05) is 22.0 Å². The fraction of sp³-hybridized carbons (Fsp3) is 0.188. The zero-order chi connectivity index (χ0) is 15.6. The van der Waals surface area contributed by atoms with Gasteiger partial charge in [0.25, 0.3) is 0 Å². The summed E-state index contributed by atoms with van der Waals surface area (Å²) < 4.78 is 11.9. The second kappa shape index (κ2) is 6.62. The van der Waals surface area contributed by atoms with Crippen LogP contribution in [-0.4, -0.2) is 20.0 Å². The lowest BCUT2D eigenvalue weighted by atomic mass is 10.0. The van der Waals surface area contributed by atoms with Crippen molar-refractivity contribution in [1.82, 2.24) is 0 Å². The van der Waals surface area contributed by atoms with Crippen molar-refractivity contribution >= 4 is 37.6 Å². The van der Waals surface area contributed by atoms with E-state index >= 15 is 0 Å². The van der Waals surface area contributed by atoms with Crippen LogP contribution in [0.25, 0.3) is 0 Å². The minimum atomic E-state index is -0.0882. The van der Waals surface area contributed by atoms with Gasteiger partial charge in [-0.2, -0.15) is 0 Å². The van der Waals surface area contributed by atoms with Crippen molar-refractivity contribution in [2.45, 2.75) is 6.92 Å². The van der Waals surface area contributed by atoms with E-state index in [-0.39, 0.29) is 5.78 Å². The number of benzene rings is 2. The highest BCUT2D eigenvalue weighted by molar-refractivity contribution is 9.11. The number of methoxy groups -OCH3 is 2. The van der Waals surface area contributed by atoms with Crippen molar-refractivity contribution < 1.29 is 14.3 Å². The summed E-state index contributed by atoms with van der Waals surface area (Å²) in [5.74, 6) is 1.01. The van der Waals surface area contributed by atoms with Crippen LogP contribution >= 0.6 is 31.9 Å². The summed E-state index contributed by atoms with van der Waals surface area (Å²) in [6.07, 6.45) is 0. The van der Waals surface area contributed by atoms with Crippen LogP contribution in [0.5, 0.6) is 11.5 Å². The van der Waals surface area contributed by atoms with E-state index in [0.717, 1.165) is 10.0 Å². The molecule has 0 aliphatic heterocycles. The molecule has 0 aliphatic carbocycles. The van der Waals surface area contributed by atoms with Crippen molar-refractivity contribution in [1.29, 1.82) is 0 Å². The van der Waals surface area contributed by atoms with Gasteiger partial charge in [-0.15, -0.1) is 0 Å². The highest BCUT2D eigenvalue weighted by Crippen LogP contribution is 2.35. The molecule has 0 fully saturated rings. The molecule has 110 valence electrons. The van der Waals surface area contributed by atoms with E-state index in [1.165, 1.54) is 0 Å². The molecular formula is C16H14Br2O3. The average molecular weight is 414 g/mol. The molecule has 0 saturated heterocycles. The number of halogens is 2. The standard InChI is InChI=1S/C16H14Br2O3/c1-9-4-5-10(12(17)6-9)16(19)11-7-14(20-2)15(21-3)8-13(11)18/h4-8H,1-3H3. The summed E-state index contributed by atoms with van der Waals surface area (Å²) in [4.78, 5) is 12.7. The lowest BCUT2D eigenvalue weighted by molar-refractivity contribution is 0.103. The molecule has 0 aromatic heterocycles. The lowest BCUT2D eigenvalue weighted by Crippen LogP contribution is -2.05. The van der Waals surface area contributed by atoms with Gasteiger partial charge in [-0.05, 0) is 52.7 Å². The van der Waals surface area contributed by atoms with Gasteiger partial charge in [0.2, 0.25) is 0 Å². The Morgan fingerprint density at radius 1 is 0.905 bits per heavy atom. The maximum Gasteiger partial charge on any atom is 0.195 e. The van der Waals surface area contributed by atoms with E-state index in [2.05, 4.69) is 31.9 Å². The molecule has 0 bridgehead atoms. The fourth-order valence-electron chi connectivity index (χ4n) is 1.98. The summed E-state index contributed by atoms with van der Waals surface area (Å²) in [7, 11) is 3.10. The number of aryl methyl sites for hydroxylation is 1. The third-order valence-corrected chi connectivity index (χ3v) is 4.40. The molecule has 21 heavy (non-hydrogen) atoms. The smallest absolute Gasteiger partial charge is 0.195 e. The van der Waals surface area contributed by atoms with E-state index in [1.807, 2.05) is 25.1 Å². The Morgan fingerprint density at radius 2 is 1.48 bits per heavy atom. The summed E-state index contributed by atoms with van der Waals surface area (Å²) in [6, 6.07) is 9.05. The third-order valence-electron chi connectivity index (χ3n) is 3.09. The number of hydrogen-bond acceptors (Lipinski definition) is 3. The van der Waals surface area contributed by atoms with Gasteiger partial charge >= 0.3 is 0 Å². The van der Waals surface area contributed by atoms with Crippen LogP contribution in [0.3, 0.4) is 0 Å². The first-order valence-corrected chi connectivity index (χ1v) is 7.79. The van der Waals surface area contributed by atoms with Crippen LogP contribution in [0.1, 0.15) is 21.5 Å². The fourth-order valence-corrected chi connectivity index (χ4v) is 3.15. The zero-order valence-corrected chi connectivity index (χ0v) is 15.0. The molecule has 0 atom stereocenters. The lowest BCUT2D eigenvalue weighted by Gasteiger charge is -2.12. The molecule has 2 aromatic carbocycles. The van der Waals surface area contributed by atoms with E-state index in [1.54, 1.807) is 26.4 Å². The quantitative estimate of drug-likeness (QED) is 0.677. The Labute approximate surface area is 140 Å². The SMILES string of the molecule is COc1cc(Br)c(C(=O)c2ccc(C)cc2Br)cc1OC. The van der Waals surface area contributed by atoms with E-state index in [4.69, 9.17) is 9.47 Å². The topological polar surface area (TPSA) is 35.5 Å². The van der Waals surface area contributed by atoms with Gasteiger partial charge in [-0.3, -0.25) is 4.79 Å². The molecule has 0 heterocycles. The van der Waals surface area contributed by atoms with E-state index in [9.17, 15) is 4.79 Å². The molecule has 2 rings (SSSR count). The minimum absolute atomic E-state index is 0.0882. The number of carbonyl (C=O) groups is 1. The van der Waals surface area contributed by atoms with Crippen molar-refractivity contribution in [3.8, 4) is 11.5 Å². The van der Waals surface area contributed by atoms with Gasteiger partial charge in [0.05, 0.1) is 14.2 Å². The molecule has 0 radical (unpaired) electrons. The second-order valence-corrected chi connectivity index (χ2v) is 6.21. The highest BCUT2D eigenvalue weighted by Gasteiger charge is 2.18. The number of carbonyl (C=O) groups excluding carboxylic acids is 1. The maximum absolute atomic E-state index is 12.7. The zero-order valence-electron chi connectivity index (χ0n) is 11.9. The minimum Gasteiger partial charge on any atom is -0.493 e. The monoisotopic (exact) mass is 412 g/mol. The van der Waals surface area contributed by atoms with Crippen LogP contribution in [0.15, 0.2) is 39.3 Å². The van der Waals surface area contributed by atoms with Gasteiger partial charge in [0.15, 0.2) is 17.3 Å². The van der Waals surface area contributed by atoms with Gasteiger partial charge in [0.1, 0.15) is 0 Å². The summed E-state index contributed by atoms with van der Waals surface area (Å²) >= 11 is 6.86. The van der Waals surface area contributed by atoms with E-state index < -0.39 is 0 Å². The molecule has 3 nitrogen and oxygen atoms in total. The first-order valence-electron chi connectivity index (χ1n) is 6.20. The molecule has 0 amide bonds.